The second-order valence-electron chi connectivity index (χ2n) is 3.39. The number of hydrogen-bond acceptors (Lipinski definition) is 5. The minimum Gasteiger partial charge on any atom is -0.468 e. The molecule has 0 aliphatic carbocycles. The summed E-state index contributed by atoms with van der Waals surface area (Å²) in [5, 5.41) is 1.81. The van der Waals surface area contributed by atoms with Crippen LogP contribution < -0.4 is 0 Å². The molecule has 0 atom stereocenters. The molecule has 0 aliphatic rings. The van der Waals surface area contributed by atoms with Crippen molar-refractivity contribution in [3.63, 3.8) is 0 Å². The molecule has 1 aromatic heterocycles. The zero-order valence-corrected chi connectivity index (χ0v) is 12.5. The van der Waals surface area contributed by atoms with Crippen molar-refractivity contribution >= 4 is 39.1 Å². The molecule has 0 spiro atoms. The molecule has 0 fully saturated rings. The van der Waals surface area contributed by atoms with Gasteiger partial charge in [0.25, 0.3) is 5.91 Å². The molecule has 0 N–H and O–H groups in total. The number of carbonyl (C=O) groups is 2. The van der Waals surface area contributed by atoms with E-state index in [-0.39, 0.29) is 12.5 Å². The second kappa shape index (κ2) is 7.50. The van der Waals surface area contributed by atoms with Gasteiger partial charge in [0, 0.05) is 18.1 Å². The standard InChI is InChI=1S/C11H14BrNO4S/c1-16-5-4-13(7-9(14)17-2)11(15)10-8(12)3-6-18-10/h3,6H,4-5,7H2,1-2H3. The highest BCUT2D eigenvalue weighted by molar-refractivity contribution is 9.10. The van der Waals surface area contributed by atoms with Crippen LogP contribution in [0.4, 0.5) is 0 Å². The van der Waals surface area contributed by atoms with Gasteiger partial charge < -0.3 is 14.4 Å². The summed E-state index contributed by atoms with van der Waals surface area (Å²) in [4.78, 5) is 25.5. The summed E-state index contributed by atoms with van der Waals surface area (Å²) in [7, 11) is 2.84. The molecular formula is C11H14BrNO4S. The van der Waals surface area contributed by atoms with Crippen LogP contribution in [-0.4, -0.2) is 50.7 Å². The number of hydrogen-bond donors (Lipinski definition) is 0. The van der Waals surface area contributed by atoms with E-state index in [0.29, 0.717) is 18.0 Å². The zero-order chi connectivity index (χ0) is 13.5. The van der Waals surface area contributed by atoms with Gasteiger partial charge in [0.05, 0.1) is 13.7 Å². The first-order chi connectivity index (χ1) is 8.60. The van der Waals surface area contributed by atoms with E-state index in [0.717, 1.165) is 4.47 Å². The lowest BCUT2D eigenvalue weighted by molar-refractivity contribution is -0.141. The first-order valence-electron chi connectivity index (χ1n) is 5.18. The van der Waals surface area contributed by atoms with Crippen LogP contribution in [0.15, 0.2) is 15.9 Å². The Kier molecular flexibility index (Phi) is 6.31. The topological polar surface area (TPSA) is 55.8 Å². The molecule has 7 heteroatoms. The Morgan fingerprint density at radius 1 is 1.44 bits per heavy atom. The molecule has 1 amide bonds. The molecule has 1 heterocycles. The van der Waals surface area contributed by atoms with E-state index in [9.17, 15) is 9.59 Å². The number of nitrogens with zero attached hydrogens (tertiary/aromatic N) is 1. The predicted molar refractivity (Wildman–Crippen MR) is 71.8 cm³/mol. The molecule has 0 radical (unpaired) electrons. The SMILES string of the molecule is COCCN(CC(=O)OC)C(=O)c1sccc1Br. The van der Waals surface area contributed by atoms with E-state index >= 15 is 0 Å². The smallest absolute Gasteiger partial charge is 0.325 e. The van der Waals surface area contributed by atoms with Gasteiger partial charge in [-0.05, 0) is 27.4 Å². The van der Waals surface area contributed by atoms with E-state index in [2.05, 4.69) is 20.7 Å². The third-order valence-corrected chi connectivity index (χ3v) is 4.04. The Bertz CT molecular complexity index is 421. The van der Waals surface area contributed by atoms with Crippen molar-refractivity contribution in [3.8, 4) is 0 Å². The van der Waals surface area contributed by atoms with Crippen LogP contribution in [0.1, 0.15) is 9.67 Å². The van der Waals surface area contributed by atoms with Crippen molar-refractivity contribution in [2.45, 2.75) is 0 Å². The van der Waals surface area contributed by atoms with E-state index < -0.39 is 5.97 Å². The Morgan fingerprint density at radius 2 is 2.17 bits per heavy atom. The maximum absolute atomic E-state index is 12.2. The summed E-state index contributed by atoms with van der Waals surface area (Å²) < 4.78 is 10.2. The fourth-order valence-corrected chi connectivity index (χ4v) is 2.77. The van der Waals surface area contributed by atoms with Gasteiger partial charge in [-0.25, -0.2) is 0 Å². The summed E-state index contributed by atoms with van der Waals surface area (Å²) in [6, 6.07) is 1.80. The van der Waals surface area contributed by atoms with Gasteiger partial charge in [-0.3, -0.25) is 9.59 Å². The monoisotopic (exact) mass is 335 g/mol. The molecule has 100 valence electrons. The number of esters is 1. The van der Waals surface area contributed by atoms with E-state index in [1.165, 1.54) is 23.3 Å². The van der Waals surface area contributed by atoms with Gasteiger partial charge in [-0.2, -0.15) is 0 Å². The number of rotatable bonds is 6. The predicted octanol–water partition coefficient (Wildman–Crippen LogP) is 1.77. The largest absolute Gasteiger partial charge is 0.468 e. The van der Waals surface area contributed by atoms with Gasteiger partial charge in [-0.15, -0.1) is 11.3 Å². The number of amides is 1. The van der Waals surface area contributed by atoms with Crippen molar-refractivity contribution in [1.82, 2.24) is 4.90 Å². The Labute approximate surface area is 118 Å². The van der Waals surface area contributed by atoms with Gasteiger partial charge in [0.1, 0.15) is 11.4 Å². The molecular weight excluding hydrogens is 322 g/mol. The van der Waals surface area contributed by atoms with Crippen LogP contribution in [0.5, 0.6) is 0 Å². The van der Waals surface area contributed by atoms with Crippen LogP contribution in [0.25, 0.3) is 0 Å². The van der Waals surface area contributed by atoms with Crippen molar-refractivity contribution in [2.75, 3.05) is 33.9 Å². The Hall–Kier alpha value is -0.920. The fraction of sp³-hybridized carbons (Fsp3) is 0.455. The summed E-state index contributed by atoms with van der Waals surface area (Å²) in [5.74, 6) is -0.661. The summed E-state index contributed by atoms with van der Waals surface area (Å²) in [6.07, 6.45) is 0. The molecule has 0 unspecified atom stereocenters. The van der Waals surface area contributed by atoms with Gasteiger partial charge in [-0.1, -0.05) is 0 Å². The van der Waals surface area contributed by atoms with Crippen LogP contribution in [-0.2, 0) is 14.3 Å². The second-order valence-corrected chi connectivity index (χ2v) is 5.16. The summed E-state index contributed by atoms with van der Waals surface area (Å²) in [5.41, 5.74) is 0. The minimum atomic E-state index is -0.452. The third-order valence-electron chi connectivity index (χ3n) is 2.21. The summed E-state index contributed by atoms with van der Waals surface area (Å²) in [6.45, 7) is 0.629. The van der Waals surface area contributed by atoms with Crippen LogP contribution in [0.2, 0.25) is 0 Å². The highest BCUT2D eigenvalue weighted by atomic mass is 79.9. The van der Waals surface area contributed by atoms with Crippen molar-refractivity contribution < 1.29 is 19.1 Å². The third kappa shape index (κ3) is 4.08. The average molecular weight is 336 g/mol. The molecule has 1 rings (SSSR count). The number of thiophene rings is 1. The van der Waals surface area contributed by atoms with Crippen molar-refractivity contribution in [1.29, 1.82) is 0 Å². The lowest BCUT2D eigenvalue weighted by Gasteiger charge is -2.20. The quantitative estimate of drug-likeness (QED) is 0.743. The van der Waals surface area contributed by atoms with E-state index in [1.54, 1.807) is 13.2 Å². The van der Waals surface area contributed by atoms with E-state index in [1.807, 2.05) is 5.38 Å². The van der Waals surface area contributed by atoms with Crippen LogP contribution >= 0.6 is 27.3 Å². The van der Waals surface area contributed by atoms with E-state index in [4.69, 9.17) is 4.74 Å². The Morgan fingerprint density at radius 3 is 2.67 bits per heavy atom. The molecule has 0 bridgehead atoms. The molecule has 18 heavy (non-hydrogen) atoms. The lowest BCUT2D eigenvalue weighted by Crippen LogP contribution is -2.38. The number of ether oxygens (including phenoxy) is 2. The molecule has 0 saturated heterocycles. The average Bonchev–Trinajstić information content (AvgIpc) is 2.79. The highest BCUT2D eigenvalue weighted by Crippen LogP contribution is 2.24. The number of methoxy groups -OCH3 is 2. The molecule has 1 aromatic rings. The first-order valence-corrected chi connectivity index (χ1v) is 6.85. The van der Waals surface area contributed by atoms with Gasteiger partial charge in [0.15, 0.2) is 0 Å². The molecule has 0 aromatic carbocycles. The van der Waals surface area contributed by atoms with Gasteiger partial charge in [0.2, 0.25) is 0 Å². The zero-order valence-electron chi connectivity index (χ0n) is 10.1. The fourth-order valence-electron chi connectivity index (χ4n) is 1.26. The van der Waals surface area contributed by atoms with Gasteiger partial charge >= 0.3 is 5.97 Å². The van der Waals surface area contributed by atoms with Crippen LogP contribution in [0, 0.1) is 0 Å². The normalized spacial score (nSPS) is 10.2. The first kappa shape index (κ1) is 15.1. The van der Waals surface area contributed by atoms with Crippen molar-refractivity contribution in [3.05, 3.63) is 20.8 Å². The van der Waals surface area contributed by atoms with Crippen molar-refractivity contribution in [2.24, 2.45) is 0 Å². The highest BCUT2D eigenvalue weighted by Gasteiger charge is 2.21. The maximum atomic E-state index is 12.2. The number of carbonyl (C=O) groups excluding carboxylic acids is 2. The molecule has 0 saturated carbocycles. The maximum Gasteiger partial charge on any atom is 0.325 e. The Balaban J connectivity index is 2.78. The minimum absolute atomic E-state index is 0.0803. The van der Waals surface area contributed by atoms with Crippen LogP contribution in [0.3, 0.4) is 0 Å². The summed E-state index contributed by atoms with van der Waals surface area (Å²) >= 11 is 4.63. The number of halogens is 1. The lowest BCUT2D eigenvalue weighted by atomic mass is 10.3. The molecule has 0 aliphatic heterocycles. The molecule has 5 nitrogen and oxygen atoms in total.